The number of allylic oxidation sites excluding steroid dienone is 2. The lowest BCUT2D eigenvalue weighted by molar-refractivity contribution is 0.412. The molecule has 0 saturated heterocycles. The number of methoxy groups -OCH3 is 1. The first-order chi connectivity index (χ1) is 44.7. The van der Waals surface area contributed by atoms with Crippen LogP contribution in [0.15, 0.2) is 140 Å². The van der Waals surface area contributed by atoms with Gasteiger partial charge in [-0.15, -0.1) is 0 Å². The van der Waals surface area contributed by atoms with Gasteiger partial charge in [0.25, 0.3) is 0 Å². The predicted octanol–water partition coefficient (Wildman–Crippen LogP) is 25.5. The van der Waals surface area contributed by atoms with Crippen LogP contribution in [-0.4, -0.2) is 7.11 Å². The molecule has 3 unspecified atom stereocenters. The van der Waals surface area contributed by atoms with Crippen LogP contribution >= 0.6 is 0 Å². The summed E-state index contributed by atoms with van der Waals surface area (Å²) in [6.45, 7) is 4.00. The van der Waals surface area contributed by atoms with Crippen molar-refractivity contribution in [2.45, 2.75) is 44.9 Å². The SMILES string of the molecule is C.CC.COc1ccc(C23C4=CCC5c6ccc7c8ccc9c%10ccc%11c%12ccc4c4c2c2c%13c(c6c7c6c8c9c7c%10c%11c(c4%12)c2c7c%136)C53)cc1.c1cc2c3ccc4c5ccc6c7ccc8c9ccc%10c1c1c2c2c3c4c3c5c6c4c7c8c5c9c%10c1c1c2c3c4c51. The zero-order valence-electron chi connectivity index (χ0n) is 48.5. The fourth-order valence-corrected chi connectivity index (χ4v) is 25.7. The third-order valence-corrected chi connectivity index (χ3v) is 27.6. The monoisotopic (exact) mass is 1140 g/mol. The van der Waals surface area contributed by atoms with Gasteiger partial charge in [0.15, 0.2) is 0 Å². The first kappa shape index (κ1) is 42.1. The Labute approximate surface area is 512 Å². The van der Waals surface area contributed by atoms with E-state index in [-0.39, 0.29) is 12.8 Å². The lowest BCUT2D eigenvalue weighted by atomic mass is 9.53. The molecule has 0 aromatic heterocycles. The molecule has 29 aromatic rings. The fraction of sp³-hybridized carbons (Fsp3) is 0.0889. The largest absolute Gasteiger partial charge is 0.497 e. The van der Waals surface area contributed by atoms with Crippen molar-refractivity contribution in [3.8, 4) is 5.75 Å². The number of hydrogen-bond donors (Lipinski definition) is 0. The highest BCUT2D eigenvalue weighted by atomic mass is 16.5. The van der Waals surface area contributed by atoms with Crippen molar-refractivity contribution in [1.82, 2.24) is 0 Å². The summed E-state index contributed by atoms with van der Waals surface area (Å²) >= 11 is 0. The van der Waals surface area contributed by atoms with Gasteiger partial charge in [-0.1, -0.05) is 149 Å². The van der Waals surface area contributed by atoms with Crippen molar-refractivity contribution in [3.05, 3.63) is 167 Å². The van der Waals surface area contributed by atoms with Crippen molar-refractivity contribution in [2.75, 3.05) is 7.11 Å². The van der Waals surface area contributed by atoms with Crippen LogP contribution in [0.25, 0.3) is 286 Å². The summed E-state index contributed by atoms with van der Waals surface area (Å²) < 4.78 is 5.76. The van der Waals surface area contributed by atoms with E-state index in [4.69, 9.17) is 4.74 Å². The maximum atomic E-state index is 5.76. The minimum absolute atomic E-state index is 0. The average molecular weight is 1140 g/mol. The number of benzene rings is 19. The number of hydrogen-bond acceptors (Lipinski definition) is 1. The van der Waals surface area contributed by atoms with Gasteiger partial charge in [-0.3, -0.25) is 0 Å². The second-order valence-electron chi connectivity index (χ2n) is 29.3. The normalized spacial score (nSPS) is 18.9. The Balaban J connectivity index is 0.0000000998. The van der Waals surface area contributed by atoms with Crippen LogP contribution in [0, 0.1) is 0 Å². The number of rotatable bonds is 2. The van der Waals surface area contributed by atoms with Crippen LogP contribution in [0.2, 0.25) is 0 Å². The van der Waals surface area contributed by atoms with Crippen molar-refractivity contribution < 1.29 is 4.74 Å². The maximum absolute atomic E-state index is 5.76. The highest BCUT2D eigenvalue weighted by molar-refractivity contribution is 6.71. The van der Waals surface area contributed by atoms with E-state index >= 15 is 0 Å². The second kappa shape index (κ2) is 11.7. The molecule has 3 atom stereocenters. The minimum atomic E-state index is -0.226. The average Bonchev–Trinajstić information content (AvgIpc) is 1.44. The van der Waals surface area contributed by atoms with E-state index < -0.39 is 0 Å². The first-order valence-corrected chi connectivity index (χ1v) is 33.2. The van der Waals surface area contributed by atoms with E-state index in [1.807, 2.05) is 13.8 Å². The molecule has 4 aliphatic rings. The Morgan fingerprint density at radius 2 is 0.560 bits per heavy atom. The van der Waals surface area contributed by atoms with Gasteiger partial charge >= 0.3 is 0 Å². The molecular weight excluding hydrogens is 1100 g/mol. The summed E-state index contributed by atoms with van der Waals surface area (Å²) in [5, 5.41) is 79.2. The zero-order chi connectivity index (χ0) is 56.4. The van der Waals surface area contributed by atoms with Gasteiger partial charge in [-0.25, -0.2) is 0 Å². The standard InChI is InChI=1S/C47H20O.C40H10.C2H6.CH4/c1-48-17-4-2-16(3-5-17)47-27-15-14-25-24-11-10-21-20-7-6-18-19-8-9-22-23-12-13-26(27)35-34(23)38-31(22)30(19)36-28(18)29(20)37-32(21)33(24)43(45(25)47)42-40(37)39(36)41(38)44(42)46(35)47;1-2-12-14-5-6-16-18-9-10-20-19-8-7-17-15-4-3-13-11(1)21-22(12)32-24(14)26(16)34-29(18)30(20)35-28(19)27(17)33-25(15)23(13)31(21)36-37(32)39(34)40(35)38(33)36;1-2;/h2-13,15,25,45H,14H2,1H3;1-10H;1-2H3;1H4. The third kappa shape index (κ3) is 3.21. The van der Waals surface area contributed by atoms with Crippen molar-refractivity contribution in [3.63, 3.8) is 0 Å². The summed E-state index contributed by atoms with van der Waals surface area (Å²) in [4.78, 5) is 0. The Kier molecular flexibility index (Phi) is 5.42. The van der Waals surface area contributed by atoms with E-state index in [0.717, 1.165) is 12.2 Å². The molecule has 1 nitrogen and oxygen atoms in total. The lowest BCUT2D eigenvalue weighted by Gasteiger charge is -2.48. The molecule has 29 aromatic carbocycles. The maximum Gasteiger partial charge on any atom is 0.118 e. The van der Waals surface area contributed by atoms with Crippen LogP contribution in [0.3, 0.4) is 0 Å². The van der Waals surface area contributed by atoms with Crippen molar-refractivity contribution in [1.29, 1.82) is 0 Å². The molecule has 0 spiro atoms. The quantitative estimate of drug-likeness (QED) is 0.157. The highest BCUT2D eigenvalue weighted by Crippen LogP contribution is 2.78. The van der Waals surface area contributed by atoms with Gasteiger partial charge in [0.2, 0.25) is 0 Å². The molecule has 1 heteroatoms. The van der Waals surface area contributed by atoms with Crippen LogP contribution < -0.4 is 4.74 Å². The summed E-state index contributed by atoms with van der Waals surface area (Å²) in [6, 6.07) is 53.7. The smallest absolute Gasteiger partial charge is 0.118 e. The van der Waals surface area contributed by atoms with Gasteiger partial charge in [0.05, 0.1) is 12.5 Å². The molecule has 0 N–H and O–H groups in total. The van der Waals surface area contributed by atoms with Gasteiger partial charge in [-0.2, -0.15) is 0 Å². The second-order valence-corrected chi connectivity index (χ2v) is 29.3. The molecule has 91 heavy (non-hydrogen) atoms. The van der Waals surface area contributed by atoms with E-state index in [0.29, 0.717) is 11.8 Å². The summed E-state index contributed by atoms with van der Waals surface area (Å²) in [7, 11) is 1.79. The molecular formula is C90H40O. The highest BCUT2D eigenvalue weighted by Gasteiger charge is 2.62. The molecule has 0 aliphatic heterocycles. The van der Waals surface area contributed by atoms with Gasteiger partial charge in [0, 0.05) is 5.92 Å². The molecule has 0 heterocycles. The minimum Gasteiger partial charge on any atom is -0.497 e. The summed E-state index contributed by atoms with van der Waals surface area (Å²) in [5.74, 6) is 1.77. The Hall–Kier alpha value is -10.9. The number of fused-ring (bicyclic) bond motifs is 10. The van der Waals surface area contributed by atoms with E-state index in [9.17, 15) is 0 Å². The number of ether oxygens (including phenoxy) is 1. The molecule has 406 valence electrons. The van der Waals surface area contributed by atoms with Gasteiger partial charge in [0.1, 0.15) is 5.75 Å². The first-order valence-electron chi connectivity index (χ1n) is 33.2. The summed E-state index contributed by atoms with van der Waals surface area (Å²) in [6.07, 6.45) is 3.78. The van der Waals surface area contributed by atoms with Crippen LogP contribution in [0.1, 0.15) is 67.3 Å². The van der Waals surface area contributed by atoms with E-state index in [1.54, 1.807) is 142 Å². The Morgan fingerprint density at radius 3 is 0.901 bits per heavy atom. The van der Waals surface area contributed by atoms with Crippen LogP contribution in [0.4, 0.5) is 0 Å². The molecule has 0 bridgehead atoms. The van der Waals surface area contributed by atoms with Crippen LogP contribution in [-0.2, 0) is 5.41 Å². The Bertz CT molecular complexity index is 7600. The van der Waals surface area contributed by atoms with E-state index in [1.165, 1.54) is 178 Å². The van der Waals surface area contributed by atoms with E-state index in [2.05, 4.69) is 140 Å². The van der Waals surface area contributed by atoms with Gasteiger partial charge in [-0.05, 0) is 338 Å². The molecule has 0 saturated carbocycles. The Morgan fingerprint density at radius 1 is 0.286 bits per heavy atom. The molecule has 0 fully saturated rings. The molecule has 33 rings (SSSR count). The fourth-order valence-electron chi connectivity index (χ4n) is 25.7. The van der Waals surface area contributed by atoms with Crippen LogP contribution in [0.5, 0.6) is 5.75 Å². The third-order valence-electron chi connectivity index (χ3n) is 27.6. The molecule has 0 amide bonds. The lowest BCUT2D eigenvalue weighted by Crippen LogP contribution is -2.39. The molecule has 4 aliphatic carbocycles. The molecule has 0 radical (unpaired) electrons. The van der Waals surface area contributed by atoms with Gasteiger partial charge < -0.3 is 4.74 Å². The topological polar surface area (TPSA) is 9.23 Å². The zero-order valence-corrected chi connectivity index (χ0v) is 48.5. The van der Waals surface area contributed by atoms with Crippen molar-refractivity contribution >= 4 is 286 Å². The predicted molar refractivity (Wildman–Crippen MR) is 393 cm³/mol. The summed E-state index contributed by atoms with van der Waals surface area (Å²) in [5.41, 5.74) is 9.16. The van der Waals surface area contributed by atoms with Crippen molar-refractivity contribution in [2.24, 2.45) is 0 Å².